The number of hydrogen-bond donors (Lipinski definition) is 1. The summed E-state index contributed by atoms with van der Waals surface area (Å²) >= 11 is 0. The molecule has 0 aromatic rings. The second-order valence-electron chi connectivity index (χ2n) is 18.2. The van der Waals surface area contributed by atoms with Gasteiger partial charge in [-0.2, -0.15) is 0 Å². The van der Waals surface area contributed by atoms with Gasteiger partial charge in [0.15, 0.2) is 6.10 Å². The largest absolute Gasteiger partial charge is 0.472 e. The van der Waals surface area contributed by atoms with Gasteiger partial charge in [0.05, 0.1) is 27.7 Å². The number of phosphoric ester groups is 1. The van der Waals surface area contributed by atoms with Gasteiger partial charge in [0, 0.05) is 12.8 Å². The Hall–Kier alpha value is -1.25. The van der Waals surface area contributed by atoms with Gasteiger partial charge < -0.3 is 18.9 Å². The second-order valence-corrected chi connectivity index (χ2v) is 19.7. The zero-order valence-electron chi connectivity index (χ0n) is 39.5. The molecule has 10 heteroatoms. The van der Waals surface area contributed by atoms with Gasteiger partial charge in [0.1, 0.15) is 19.8 Å². The Kier molecular flexibility index (Phi) is 41.2. The van der Waals surface area contributed by atoms with Gasteiger partial charge in [0.2, 0.25) is 0 Å². The molecule has 0 rings (SSSR count). The highest BCUT2D eigenvalue weighted by Gasteiger charge is 2.27. The van der Waals surface area contributed by atoms with Gasteiger partial charge in [0.25, 0.3) is 0 Å². The smallest absolute Gasteiger partial charge is 0.462 e. The van der Waals surface area contributed by atoms with Gasteiger partial charge in [-0.05, 0) is 38.5 Å². The van der Waals surface area contributed by atoms with Crippen molar-refractivity contribution in [3.05, 3.63) is 12.2 Å². The lowest BCUT2D eigenvalue weighted by molar-refractivity contribution is -0.870. The fourth-order valence-electron chi connectivity index (χ4n) is 7.13. The summed E-state index contributed by atoms with van der Waals surface area (Å²) in [5.74, 6) is -0.789. The summed E-state index contributed by atoms with van der Waals surface area (Å²) in [6.45, 7) is 4.46. The second kappa shape index (κ2) is 42.1. The van der Waals surface area contributed by atoms with Gasteiger partial charge in [-0.25, -0.2) is 4.57 Å². The van der Waals surface area contributed by atoms with Crippen molar-refractivity contribution >= 4 is 19.8 Å². The van der Waals surface area contributed by atoms with Crippen LogP contribution >= 0.6 is 7.82 Å². The van der Waals surface area contributed by atoms with E-state index < -0.39 is 26.5 Å². The molecule has 0 radical (unpaired) electrons. The number of carbonyl (C=O) groups excluding carboxylic acids is 2. The van der Waals surface area contributed by atoms with Crippen molar-refractivity contribution in [1.29, 1.82) is 0 Å². The van der Waals surface area contributed by atoms with Gasteiger partial charge in [-0.3, -0.25) is 18.6 Å². The molecule has 0 heterocycles. The van der Waals surface area contributed by atoms with Crippen molar-refractivity contribution in [2.75, 3.05) is 47.5 Å². The lowest BCUT2D eigenvalue weighted by Gasteiger charge is -2.24. The summed E-state index contributed by atoms with van der Waals surface area (Å²) in [5, 5.41) is 0. The number of unbranched alkanes of at least 4 members (excludes halogenated alkanes) is 30. The fourth-order valence-corrected chi connectivity index (χ4v) is 7.87. The number of rotatable bonds is 46. The van der Waals surface area contributed by atoms with Gasteiger partial charge in [-0.1, -0.05) is 199 Å². The Labute approximate surface area is 365 Å². The standard InChI is InChI=1S/C49H96NO8P/c1-6-8-10-12-14-16-18-20-22-24-26-28-30-32-34-36-38-40-42-49(52)58-47(46-57-59(53,54)56-44-43-50(3,4)5)45-55-48(51)41-39-37-35-33-31-29-27-25-23-21-19-17-15-13-11-9-7-2/h21,23,47H,6-20,22,24-46H2,1-5H3/p+1/b23-21-/t47-/m1/s1. The molecule has 0 aromatic heterocycles. The summed E-state index contributed by atoms with van der Waals surface area (Å²) < 4.78 is 34.4. The number of likely N-dealkylation sites (N-methyl/N-ethyl adjacent to an activating group) is 1. The zero-order valence-corrected chi connectivity index (χ0v) is 40.4. The molecule has 1 N–H and O–H groups in total. The SMILES string of the molecule is CCCCCCCC/C=C\CCCCCCCCCC(=O)OC[C@H](COP(=O)(O)OCC[N+](C)(C)C)OC(=O)CCCCCCCCCCCCCCCCCCCC. The molecule has 1 unspecified atom stereocenters. The first-order valence-electron chi connectivity index (χ1n) is 24.9. The highest BCUT2D eigenvalue weighted by Crippen LogP contribution is 2.43. The Morgan fingerprint density at radius 3 is 1.25 bits per heavy atom. The normalized spacial score (nSPS) is 13.5. The summed E-state index contributed by atoms with van der Waals surface area (Å²) in [6, 6.07) is 0. The van der Waals surface area contributed by atoms with E-state index in [1.807, 2.05) is 21.1 Å². The Bertz CT molecular complexity index is 1020. The van der Waals surface area contributed by atoms with Crippen molar-refractivity contribution in [2.45, 2.75) is 245 Å². The zero-order chi connectivity index (χ0) is 43.6. The molecule has 0 spiro atoms. The van der Waals surface area contributed by atoms with Crippen LogP contribution in [0.4, 0.5) is 0 Å². The number of phosphoric acid groups is 1. The van der Waals surface area contributed by atoms with Crippen LogP contribution < -0.4 is 0 Å². The lowest BCUT2D eigenvalue weighted by atomic mass is 10.0. The minimum Gasteiger partial charge on any atom is -0.462 e. The summed E-state index contributed by atoms with van der Waals surface area (Å²) in [7, 11) is 1.49. The third-order valence-electron chi connectivity index (χ3n) is 11.0. The van der Waals surface area contributed by atoms with E-state index in [-0.39, 0.29) is 32.0 Å². The number of allylic oxidation sites excluding steroid dienone is 2. The maximum atomic E-state index is 12.7. The molecule has 0 aliphatic rings. The van der Waals surface area contributed by atoms with E-state index in [1.165, 1.54) is 173 Å². The molecule has 9 nitrogen and oxygen atoms in total. The number of hydrogen-bond acceptors (Lipinski definition) is 7. The van der Waals surface area contributed by atoms with Crippen molar-refractivity contribution in [1.82, 2.24) is 0 Å². The molecule has 59 heavy (non-hydrogen) atoms. The molecule has 0 saturated carbocycles. The number of esters is 2. The number of carbonyl (C=O) groups is 2. The first-order valence-corrected chi connectivity index (χ1v) is 26.4. The van der Waals surface area contributed by atoms with E-state index in [9.17, 15) is 19.0 Å². The third-order valence-corrected chi connectivity index (χ3v) is 12.0. The van der Waals surface area contributed by atoms with Gasteiger partial charge in [-0.15, -0.1) is 0 Å². The first-order chi connectivity index (χ1) is 28.5. The average Bonchev–Trinajstić information content (AvgIpc) is 3.19. The fraction of sp³-hybridized carbons (Fsp3) is 0.918. The quantitative estimate of drug-likeness (QED) is 0.0212. The van der Waals surface area contributed by atoms with Crippen molar-refractivity contribution in [3.63, 3.8) is 0 Å². The number of ether oxygens (including phenoxy) is 2. The van der Waals surface area contributed by atoms with Crippen LogP contribution in [0.25, 0.3) is 0 Å². The first kappa shape index (κ1) is 57.8. The van der Waals surface area contributed by atoms with E-state index in [1.54, 1.807) is 0 Å². The maximum absolute atomic E-state index is 12.7. The van der Waals surface area contributed by atoms with Crippen molar-refractivity contribution in [3.8, 4) is 0 Å². The lowest BCUT2D eigenvalue weighted by Crippen LogP contribution is -2.37. The minimum atomic E-state index is -4.37. The van der Waals surface area contributed by atoms with E-state index in [2.05, 4.69) is 26.0 Å². The van der Waals surface area contributed by atoms with Crippen LogP contribution in [0.5, 0.6) is 0 Å². The molecule has 0 aromatic carbocycles. The van der Waals surface area contributed by atoms with Crippen LogP contribution in [0.2, 0.25) is 0 Å². The Morgan fingerprint density at radius 1 is 0.508 bits per heavy atom. The highest BCUT2D eigenvalue weighted by atomic mass is 31.2. The van der Waals surface area contributed by atoms with Crippen LogP contribution in [0.3, 0.4) is 0 Å². The van der Waals surface area contributed by atoms with Crippen LogP contribution in [-0.4, -0.2) is 74.9 Å². The summed E-state index contributed by atoms with van der Waals surface area (Å²) in [6.07, 6.45) is 45.4. The van der Waals surface area contributed by atoms with Crippen LogP contribution in [0, 0.1) is 0 Å². The molecule has 2 atom stereocenters. The molecular weight excluding hydrogens is 762 g/mol. The van der Waals surface area contributed by atoms with Crippen LogP contribution in [0.1, 0.15) is 239 Å². The van der Waals surface area contributed by atoms with E-state index in [4.69, 9.17) is 18.5 Å². The molecule has 0 bridgehead atoms. The third kappa shape index (κ3) is 46.1. The summed E-state index contributed by atoms with van der Waals surface area (Å²) in [4.78, 5) is 35.5. The molecule has 0 aliphatic heterocycles. The average molecular weight is 859 g/mol. The van der Waals surface area contributed by atoms with Crippen molar-refractivity contribution in [2.24, 2.45) is 0 Å². The Morgan fingerprint density at radius 2 is 0.864 bits per heavy atom. The predicted octanol–water partition coefficient (Wildman–Crippen LogP) is 14.5. The van der Waals surface area contributed by atoms with Crippen LogP contribution in [0.15, 0.2) is 12.2 Å². The molecule has 0 fully saturated rings. The van der Waals surface area contributed by atoms with Crippen LogP contribution in [-0.2, 0) is 32.7 Å². The van der Waals surface area contributed by atoms with Crippen molar-refractivity contribution < 1.29 is 42.1 Å². The van der Waals surface area contributed by atoms with E-state index in [0.717, 1.165) is 32.1 Å². The molecule has 0 aliphatic carbocycles. The highest BCUT2D eigenvalue weighted by molar-refractivity contribution is 7.47. The predicted molar refractivity (Wildman–Crippen MR) is 248 cm³/mol. The topological polar surface area (TPSA) is 108 Å². The van der Waals surface area contributed by atoms with E-state index >= 15 is 0 Å². The molecule has 0 saturated heterocycles. The molecular formula is C49H97NO8P+. The van der Waals surface area contributed by atoms with E-state index in [0.29, 0.717) is 17.4 Å². The molecule has 350 valence electrons. The monoisotopic (exact) mass is 859 g/mol. The summed E-state index contributed by atoms with van der Waals surface area (Å²) in [5.41, 5.74) is 0. The number of quaternary nitrogens is 1. The maximum Gasteiger partial charge on any atom is 0.472 e. The number of nitrogens with zero attached hydrogens (tertiary/aromatic N) is 1. The minimum absolute atomic E-state index is 0.0345. The molecule has 0 amide bonds. The van der Waals surface area contributed by atoms with Gasteiger partial charge >= 0.3 is 19.8 Å². The Balaban J connectivity index is 4.25.